The molecule has 2 aliphatic rings. The number of nitrogens with zero attached hydrogens (tertiary/aromatic N) is 2. The fourth-order valence-electron chi connectivity index (χ4n) is 3.17. The Kier molecular flexibility index (Phi) is 8.44. The number of aromatic nitrogens is 2. The molecule has 0 unspecified atom stereocenters. The smallest absolute Gasteiger partial charge is 0.258 e. The van der Waals surface area contributed by atoms with E-state index in [0.717, 1.165) is 48.7 Å². The Morgan fingerprint density at radius 2 is 2.15 bits per heavy atom. The van der Waals surface area contributed by atoms with Crippen molar-refractivity contribution in [2.45, 2.75) is 30.4 Å². The predicted molar refractivity (Wildman–Crippen MR) is 113 cm³/mol. The van der Waals surface area contributed by atoms with Gasteiger partial charge in [0.2, 0.25) is 0 Å². The second kappa shape index (κ2) is 10.3. The number of nitrogens with one attached hydrogen (secondary N) is 2. The highest BCUT2D eigenvalue weighted by Crippen LogP contribution is 2.34. The molecule has 2 N–H and O–H groups in total. The van der Waals surface area contributed by atoms with Gasteiger partial charge < -0.3 is 15.4 Å². The number of thioether (sulfide) groups is 1. The minimum Gasteiger partial charge on any atom is -0.378 e. The molecule has 2 aliphatic heterocycles. The van der Waals surface area contributed by atoms with Crippen molar-refractivity contribution in [1.82, 2.24) is 20.0 Å². The maximum absolute atomic E-state index is 12.4. The molecule has 148 valence electrons. The normalized spacial score (nSPS) is 16.2. The van der Waals surface area contributed by atoms with E-state index < -0.39 is 0 Å². The van der Waals surface area contributed by atoms with Crippen molar-refractivity contribution in [2.24, 2.45) is 0 Å². The maximum atomic E-state index is 12.4. The van der Waals surface area contributed by atoms with Gasteiger partial charge in [-0.15, -0.1) is 24.8 Å². The molecule has 6 nitrogen and oxygen atoms in total. The number of piperidine rings is 1. The zero-order valence-corrected chi connectivity index (χ0v) is 17.3. The largest absolute Gasteiger partial charge is 0.378 e. The molecule has 1 saturated heterocycles. The fourth-order valence-corrected chi connectivity index (χ4v) is 4.18. The summed E-state index contributed by atoms with van der Waals surface area (Å²) in [4.78, 5) is 17.5. The van der Waals surface area contributed by atoms with E-state index in [1.54, 1.807) is 6.20 Å². The average molecular weight is 431 g/mol. The van der Waals surface area contributed by atoms with Crippen LogP contribution in [-0.4, -0.2) is 47.6 Å². The molecule has 0 aliphatic carbocycles. The van der Waals surface area contributed by atoms with Crippen LogP contribution in [0, 0.1) is 0 Å². The van der Waals surface area contributed by atoms with Crippen LogP contribution in [0.5, 0.6) is 0 Å². The summed E-state index contributed by atoms with van der Waals surface area (Å²) < 4.78 is 7.93. The summed E-state index contributed by atoms with van der Waals surface area (Å²) in [7, 11) is 0. The summed E-state index contributed by atoms with van der Waals surface area (Å²) in [5, 5.41) is 7.34. The van der Waals surface area contributed by atoms with Crippen LogP contribution in [-0.2, 0) is 9.53 Å². The molecule has 1 fully saturated rings. The lowest BCUT2D eigenvalue weighted by Gasteiger charge is -2.22. The van der Waals surface area contributed by atoms with Gasteiger partial charge in [-0.3, -0.25) is 9.20 Å². The molecule has 2 aromatic heterocycles. The second-order valence-corrected chi connectivity index (χ2v) is 7.34. The van der Waals surface area contributed by atoms with Crippen molar-refractivity contribution in [1.29, 1.82) is 0 Å². The molecule has 27 heavy (non-hydrogen) atoms. The second-order valence-electron chi connectivity index (χ2n) is 6.28. The van der Waals surface area contributed by atoms with E-state index >= 15 is 0 Å². The first kappa shape index (κ1) is 22.0. The Morgan fingerprint density at radius 3 is 2.96 bits per heavy atom. The SMILES string of the molecule is Cl.Cl.O=C(NCCCOC1CCNCC1)C1=Cc2cnc3cccc(n23)S1. The first-order valence-corrected chi connectivity index (χ1v) is 9.59. The quantitative estimate of drug-likeness (QED) is 0.689. The average Bonchev–Trinajstić information content (AvgIpc) is 3.07. The van der Waals surface area contributed by atoms with Gasteiger partial charge in [-0.1, -0.05) is 17.8 Å². The van der Waals surface area contributed by atoms with Crippen molar-refractivity contribution in [2.75, 3.05) is 26.2 Å². The summed E-state index contributed by atoms with van der Waals surface area (Å²) in [6.45, 7) is 3.40. The van der Waals surface area contributed by atoms with Crippen LogP contribution in [0.1, 0.15) is 25.0 Å². The third-order valence-electron chi connectivity index (χ3n) is 4.48. The van der Waals surface area contributed by atoms with Gasteiger partial charge >= 0.3 is 0 Å². The number of amides is 1. The van der Waals surface area contributed by atoms with Crippen LogP contribution in [0.25, 0.3) is 11.7 Å². The lowest BCUT2D eigenvalue weighted by atomic mass is 10.1. The monoisotopic (exact) mass is 430 g/mol. The molecule has 0 atom stereocenters. The molecule has 0 aromatic carbocycles. The Balaban J connectivity index is 0.00000131. The number of imidazole rings is 1. The van der Waals surface area contributed by atoms with Crippen molar-refractivity contribution in [3.63, 3.8) is 0 Å². The van der Waals surface area contributed by atoms with Crippen molar-refractivity contribution in [3.8, 4) is 0 Å². The van der Waals surface area contributed by atoms with Crippen LogP contribution in [0.3, 0.4) is 0 Å². The molecule has 4 heterocycles. The maximum Gasteiger partial charge on any atom is 0.258 e. The van der Waals surface area contributed by atoms with Gasteiger partial charge in [0.05, 0.1) is 27.9 Å². The number of carbonyl (C=O) groups is 1. The van der Waals surface area contributed by atoms with Crippen molar-refractivity contribution >= 4 is 54.2 Å². The van der Waals surface area contributed by atoms with E-state index in [9.17, 15) is 4.79 Å². The number of halogens is 2. The van der Waals surface area contributed by atoms with Gasteiger partial charge in [0.1, 0.15) is 5.65 Å². The molecular formula is C18H24Cl2N4O2S. The van der Waals surface area contributed by atoms with Crippen LogP contribution < -0.4 is 10.6 Å². The zero-order chi connectivity index (χ0) is 17.1. The van der Waals surface area contributed by atoms with Crippen LogP contribution in [0.2, 0.25) is 0 Å². The van der Waals surface area contributed by atoms with Gasteiger partial charge in [0.25, 0.3) is 5.91 Å². The highest BCUT2D eigenvalue weighted by Gasteiger charge is 2.19. The molecule has 4 rings (SSSR count). The molecule has 9 heteroatoms. The number of carbonyl (C=O) groups excluding carboxylic acids is 1. The van der Waals surface area contributed by atoms with Gasteiger partial charge in [0, 0.05) is 13.2 Å². The summed E-state index contributed by atoms with van der Waals surface area (Å²) >= 11 is 1.48. The Hall–Kier alpha value is -1.25. The Labute approximate surface area is 175 Å². The van der Waals surface area contributed by atoms with Crippen LogP contribution in [0.4, 0.5) is 0 Å². The highest BCUT2D eigenvalue weighted by molar-refractivity contribution is 8.04. The molecule has 0 spiro atoms. The van der Waals surface area contributed by atoms with E-state index in [0.29, 0.717) is 24.2 Å². The minimum absolute atomic E-state index is 0. The van der Waals surface area contributed by atoms with Crippen LogP contribution in [0.15, 0.2) is 34.3 Å². The summed E-state index contributed by atoms with van der Waals surface area (Å²) in [6, 6.07) is 5.94. The third kappa shape index (κ3) is 5.18. The van der Waals surface area contributed by atoms with Gasteiger partial charge in [-0.2, -0.15) is 0 Å². The molecule has 2 aromatic rings. The first-order valence-electron chi connectivity index (χ1n) is 8.78. The lowest BCUT2D eigenvalue weighted by Crippen LogP contribution is -2.33. The summed E-state index contributed by atoms with van der Waals surface area (Å²) in [5.41, 5.74) is 1.86. The van der Waals surface area contributed by atoms with Gasteiger partial charge in [-0.25, -0.2) is 4.98 Å². The van der Waals surface area contributed by atoms with Crippen LogP contribution >= 0.6 is 36.6 Å². The van der Waals surface area contributed by atoms with Crippen molar-refractivity contribution in [3.05, 3.63) is 35.0 Å². The van der Waals surface area contributed by atoms with E-state index in [1.807, 2.05) is 24.3 Å². The predicted octanol–water partition coefficient (Wildman–Crippen LogP) is 2.90. The Bertz CT molecular complexity index is 806. The Morgan fingerprint density at radius 1 is 1.33 bits per heavy atom. The van der Waals surface area contributed by atoms with E-state index in [4.69, 9.17) is 4.74 Å². The minimum atomic E-state index is -0.0312. The zero-order valence-electron chi connectivity index (χ0n) is 14.8. The number of ether oxygens (including phenoxy) is 1. The standard InChI is InChI=1S/C18H22N4O2S.2ClH/c23-18(20-7-2-10-24-14-5-8-19-9-6-14)15-11-13-12-21-16-3-1-4-17(25-15)22(13)16;;/h1,3-4,11-12,14,19H,2,5-10H2,(H,20,23);2*1H. The number of pyridine rings is 1. The van der Waals surface area contributed by atoms with Crippen molar-refractivity contribution < 1.29 is 9.53 Å². The molecule has 0 radical (unpaired) electrons. The molecule has 0 bridgehead atoms. The third-order valence-corrected chi connectivity index (χ3v) is 5.54. The van der Waals surface area contributed by atoms with E-state index in [-0.39, 0.29) is 30.7 Å². The first-order chi connectivity index (χ1) is 12.3. The highest BCUT2D eigenvalue weighted by atomic mass is 35.5. The van der Waals surface area contributed by atoms with E-state index in [2.05, 4.69) is 20.0 Å². The number of hydrogen-bond donors (Lipinski definition) is 2. The van der Waals surface area contributed by atoms with Gasteiger partial charge in [-0.05, 0) is 50.6 Å². The summed E-state index contributed by atoms with van der Waals surface area (Å²) in [6.07, 6.45) is 7.07. The number of hydrogen-bond acceptors (Lipinski definition) is 5. The molecular weight excluding hydrogens is 407 g/mol. The lowest BCUT2D eigenvalue weighted by molar-refractivity contribution is -0.116. The fraction of sp³-hybridized carbons (Fsp3) is 0.444. The van der Waals surface area contributed by atoms with Gasteiger partial charge in [0.15, 0.2) is 0 Å². The molecule has 0 saturated carbocycles. The summed E-state index contributed by atoms with van der Waals surface area (Å²) in [5.74, 6) is -0.0312. The van der Waals surface area contributed by atoms with E-state index in [1.165, 1.54) is 11.8 Å². The number of rotatable bonds is 6. The topological polar surface area (TPSA) is 67.7 Å². The molecule has 1 amide bonds.